The molecule has 0 aliphatic rings. The smallest absolute Gasteiger partial charge is 0.244 e. The molecule has 0 heterocycles. The zero-order valence-corrected chi connectivity index (χ0v) is 11.6. The minimum Gasteiger partial charge on any atom is -0.398 e. The molecule has 0 saturated carbocycles. The summed E-state index contributed by atoms with van der Waals surface area (Å²) < 4.78 is 26.3. The van der Waals surface area contributed by atoms with E-state index in [0.29, 0.717) is 6.42 Å². The highest BCUT2D eigenvalue weighted by atomic mass is 35.5. The third-order valence-corrected chi connectivity index (χ3v) is 4.36. The summed E-state index contributed by atoms with van der Waals surface area (Å²) in [6, 6.07) is 4.49. The summed E-state index contributed by atoms with van der Waals surface area (Å²) in [6.45, 7) is 1.85. The Kier molecular flexibility index (Phi) is 5.40. The van der Waals surface area contributed by atoms with Gasteiger partial charge in [0.15, 0.2) is 0 Å². The van der Waals surface area contributed by atoms with Crippen molar-refractivity contribution in [1.82, 2.24) is 4.72 Å². The van der Waals surface area contributed by atoms with Gasteiger partial charge in [0.1, 0.15) is 4.90 Å². The van der Waals surface area contributed by atoms with Gasteiger partial charge in [0, 0.05) is 6.54 Å². The number of rotatable bonds is 6. The third-order valence-electron chi connectivity index (χ3n) is 2.40. The van der Waals surface area contributed by atoms with Crippen LogP contribution in [0.4, 0.5) is 5.69 Å². The van der Waals surface area contributed by atoms with Gasteiger partial charge in [0.2, 0.25) is 10.0 Å². The standard InChI is InChI=1S/C11H17ClN2O3S/c1-2-4-8(15)7-14-18(16,17)11-9(12)5-3-6-10(11)13/h3,5-6,8,14-15H,2,4,7,13H2,1H3. The van der Waals surface area contributed by atoms with Gasteiger partial charge in [-0.15, -0.1) is 0 Å². The number of aliphatic hydroxyl groups excluding tert-OH is 1. The van der Waals surface area contributed by atoms with Crippen LogP contribution in [0.1, 0.15) is 19.8 Å². The second-order valence-electron chi connectivity index (χ2n) is 3.95. The molecule has 0 bridgehead atoms. The number of benzene rings is 1. The lowest BCUT2D eigenvalue weighted by Gasteiger charge is -2.13. The minimum absolute atomic E-state index is 0.0547. The van der Waals surface area contributed by atoms with Crippen molar-refractivity contribution < 1.29 is 13.5 Å². The number of sulfonamides is 1. The zero-order chi connectivity index (χ0) is 13.8. The highest BCUT2D eigenvalue weighted by Gasteiger charge is 2.21. The zero-order valence-electron chi connectivity index (χ0n) is 10.1. The Bertz CT molecular complexity index is 485. The molecule has 1 unspecified atom stereocenters. The van der Waals surface area contributed by atoms with Crippen molar-refractivity contribution in [3.63, 3.8) is 0 Å². The van der Waals surface area contributed by atoms with Gasteiger partial charge in [0.05, 0.1) is 16.8 Å². The molecule has 7 heteroatoms. The number of nitrogens with two attached hydrogens (primary N) is 1. The second kappa shape index (κ2) is 6.38. The summed E-state index contributed by atoms with van der Waals surface area (Å²) in [7, 11) is -3.80. The Balaban J connectivity index is 2.87. The van der Waals surface area contributed by atoms with E-state index in [1.54, 1.807) is 6.07 Å². The van der Waals surface area contributed by atoms with Gasteiger partial charge in [-0.2, -0.15) is 0 Å². The van der Waals surface area contributed by atoms with Crippen molar-refractivity contribution >= 4 is 27.3 Å². The normalized spacial score (nSPS) is 13.5. The largest absolute Gasteiger partial charge is 0.398 e. The van der Waals surface area contributed by atoms with Gasteiger partial charge in [-0.05, 0) is 18.6 Å². The van der Waals surface area contributed by atoms with E-state index in [9.17, 15) is 13.5 Å². The number of anilines is 1. The maximum absolute atomic E-state index is 12.0. The molecule has 0 aliphatic heterocycles. The van der Waals surface area contributed by atoms with E-state index in [4.69, 9.17) is 17.3 Å². The van der Waals surface area contributed by atoms with Crippen LogP contribution in [0.3, 0.4) is 0 Å². The van der Waals surface area contributed by atoms with Crippen LogP contribution in [0, 0.1) is 0 Å². The first-order valence-electron chi connectivity index (χ1n) is 5.60. The van der Waals surface area contributed by atoms with Crippen LogP contribution < -0.4 is 10.5 Å². The van der Waals surface area contributed by atoms with Crippen LogP contribution >= 0.6 is 11.6 Å². The van der Waals surface area contributed by atoms with Crippen molar-refractivity contribution in [3.8, 4) is 0 Å². The van der Waals surface area contributed by atoms with Crippen LogP contribution in [0.5, 0.6) is 0 Å². The molecule has 18 heavy (non-hydrogen) atoms. The van der Waals surface area contributed by atoms with Crippen molar-refractivity contribution in [3.05, 3.63) is 23.2 Å². The Morgan fingerprint density at radius 2 is 2.17 bits per heavy atom. The topological polar surface area (TPSA) is 92.4 Å². The molecule has 0 amide bonds. The minimum atomic E-state index is -3.80. The maximum atomic E-state index is 12.0. The first-order chi connectivity index (χ1) is 8.38. The molecule has 0 spiro atoms. The quantitative estimate of drug-likeness (QED) is 0.690. The molecular formula is C11H17ClN2O3S. The molecule has 4 N–H and O–H groups in total. The second-order valence-corrected chi connectivity index (χ2v) is 6.06. The molecule has 102 valence electrons. The highest BCUT2D eigenvalue weighted by Crippen LogP contribution is 2.26. The van der Waals surface area contributed by atoms with Crippen LogP contribution in [-0.4, -0.2) is 26.2 Å². The van der Waals surface area contributed by atoms with E-state index >= 15 is 0 Å². The first-order valence-corrected chi connectivity index (χ1v) is 7.46. The molecule has 0 aromatic heterocycles. The van der Waals surface area contributed by atoms with E-state index in [1.165, 1.54) is 12.1 Å². The lowest BCUT2D eigenvalue weighted by molar-refractivity contribution is 0.167. The summed E-state index contributed by atoms with van der Waals surface area (Å²) in [5.41, 5.74) is 5.69. The van der Waals surface area contributed by atoms with Crippen LogP contribution in [0.15, 0.2) is 23.1 Å². The van der Waals surface area contributed by atoms with Crippen LogP contribution in [-0.2, 0) is 10.0 Å². The van der Waals surface area contributed by atoms with E-state index in [1.807, 2.05) is 6.92 Å². The van der Waals surface area contributed by atoms with E-state index in [2.05, 4.69) is 4.72 Å². The first kappa shape index (κ1) is 15.2. The Labute approximate surface area is 112 Å². The maximum Gasteiger partial charge on any atom is 0.244 e. The number of hydrogen-bond donors (Lipinski definition) is 3. The lowest BCUT2D eigenvalue weighted by Crippen LogP contribution is -2.32. The van der Waals surface area contributed by atoms with Crippen LogP contribution in [0.25, 0.3) is 0 Å². The van der Waals surface area contributed by atoms with Gasteiger partial charge in [0.25, 0.3) is 0 Å². The summed E-state index contributed by atoms with van der Waals surface area (Å²) in [5.74, 6) is 0. The fourth-order valence-corrected chi connectivity index (χ4v) is 3.27. The Morgan fingerprint density at radius 3 is 2.72 bits per heavy atom. The molecule has 0 saturated heterocycles. The summed E-state index contributed by atoms with van der Waals surface area (Å²) >= 11 is 5.83. The van der Waals surface area contributed by atoms with E-state index in [0.717, 1.165) is 6.42 Å². The highest BCUT2D eigenvalue weighted by molar-refractivity contribution is 7.89. The third kappa shape index (κ3) is 3.84. The fraction of sp³-hybridized carbons (Fsp3) is 0.455. The van der Waals surface area contributed by atoms with E-state index < -0.39 is 16.1 Å². The van der Waals surface area contributed by atoms with Gasteiger partial charge >= 0.3 is 0 Å². The Hall–Kier alpha value is -0.820. The number of aliphatic hydroxyl groups is 1. The molecule has 1 aromatic rings. The molecule has 1 rings (SSSR count). The predicted octanol–water partition coefficient (Wildman–Crippen LogP) is 1.36. The Morgan fingerprint density at radius 1 is 1.50 bits per heavy atom. The summed E-state index contributed by atoms with van der Waals surface area (Å²) in [4.78, 5) is -0.143. The average Bonchev–Trinajstić information content (AvgIpc) is 2.26. The van der Waals surface area contributed by atoms with Gasteiger partial charge in [-0.25, -0.2) is 13.1 Å². The molecule has 1 atom stereocenters. The lowest BCUT2D eigenvalue weighted by atomic mass is 10.2. The SMILES string of the molecule is CCCC(O)CNS(=O)(=O)c1c(N)cccc1Cl. The molecule has 5 nitrogen and oxygen atoms in total. The summed E-state index contributed by atoms with van der Waals surface area (Å²) in [5, 5.41) is 9.57. The average molecular weight is 293 g/mol. The van der Waals surface area contributed by atoms with Gasteiger partial charge < -0.3 is 10.8 Å². The van der Waals surface area contributed by atoms with Crippen molar-refractivity contribution in [1.29, 1.82) is 0 Å². The number of nitrogens with one attached hydrogen (secondary N) is 1. The molecule has 0 radical (unpaired) electrons. The molecule has 1 aromatic carbocycles. The monoisotopic (exact) mass is 292 g/mol. The predicted molar refractivity (Wildman–Crippen MR) is 72.0 cm³/mol. The number of nitrogen functional groups attached to an aromatic ring is 1. The fourth-order valence-electron chi connectivity index (χ4n) is 1.52. The van der Waals surface area contributed by atoms with Crippen molar-refractivity contribution in [2.75, 3.05) is 12.3 Å². The van der Waals surface area contributed by atoms with Gasteiger partial charge in [-0.1, -0.05) is 31.0 Å². The molecule has 0 fully saturated rings. The molecule has 0 aliphatic carbocycles. The summed E-state index contributed by atoms with van der Waals surface area (Å²) in [6.07, 6.45) is 0.589. The van der Waals surface area contributed by atoms with Crippen LogP contribution in [0.2, 0.25) is 5.02 Å². The number of hydrogen-bond acceptors (Lipinski definition) is 4. The van der Waals surface area contributed by atoms with Crippen molar-refractivity contribution in [2.24, 2.45) is 0 Å². The molecular weight excluding hydrogens is 276 g/mol. The number of halogens is 1. The van der Waals surface area contributed by atoms with Gasteiger partial charge in [-0.3, -0.25) is 0 Å². The van der Waals surface area contributed by atoms with Crippen molar-refractivity contribution in [2.45, 2.75) is 30.8 Å². The van der Waals surface area contributed by atoms with E-state index in [-0.39, 0.29) is 22.2 Å².